The molecule has 1 aromatic heterocycles. The van der Waals surface area contributed by atoms with Gasteiger partial charge < -0.3 is 20.4 Å². The van der Waals surface area contributed by atoms with Crippen molar-refractivity contribution in [3.63, 3.8) is 0 Å². The van der Waals surface area contributed by atoms with Gasteiger partial charge in [-0.25, -0.2) is 0 Å². The lowest BCUT2D eigenvalue weighted by Crippen LogP contribution is -2.54. The highest BCUT2D eigenvalue weighted by Gasteiger charge is 2.28. The summed E-state index contributed by atoms with van der Waals surface area (Å²) in [5, 5.41) is 6.97. The number of nitrogens with one attached hydrogen (secondary N) is 2. The number of piperazine rings is 1. The minimum Gasteiger partial charge on any atom is -0.357 e. The van der Waals surface area contributed by atoms with Gasteiger partial charge in [-0.2, -0.15) is 15.0 Å². The van der Waals surface area contributed by atoms with E-state index in [0.29, 0.717) is 42.5 Å². The number of carbonyl (C=O) groups is 1. The molecule has 1 amide bonds. The monoisotopic (exact) mass is 437 g/mol. The van der Waals surface area contributed by atoms with Crippen molar-refractivity contribution in [2.75, 3.05) is 48.1 Å². The topological polar surface area (TPSA) is 86.3 Å². The second kappa shape index (κ2) is 9.45. The van der Waals surface area contributed by atoms with Crippen LogP contribution in [0, 0.1) is 0 Å². The van der Waals surface area contributed by atoms with E-state index in [1.165, 1.54) is 0 Å². The summed E-state index contributed by atoms with van der Waals surface area (Å²) in [6.45, 7) is 5.82. The predicted molar refractivity (Wildman–Crippen MR) is 117 cm³/mol. The Kier molecular flexibility index (Phi) is 6.97. The van der Waals surface area contributed by atoms with Gasteiger partial charge in [0.2, 0.25) is 23.8 Å². The largest absolute Gasteiger partial charge is 0.357 e. The standard InChI is InChI=1S/C19H25Cl2N7O/c1-12-11-27(8-9-28(12)16(29)10-20)19-25-17(22-3)24-18(26-19)23-13(2)14-6-4-5-7-15(14)21/h4-7,12-13H,8-11H2,1-3H3,(H2,22,23,24,25,26). The van der Waals surface area contributed by atoms with Crippen molar-refractivity contribution >= 4 is 47.0 Å². The number of alkyl halides is 1. The highest BCUT2D eigenvalue weighted by atomic mass is 35.5. The van der Waals surface area contributed by atoms with Crippen LogP contribution in [0.3, 0.4) is 0 Å². The fraction of sp³-hybridized carbons (Fsp3) is 0.474. The van der Waals surface area contributed by atoms with Crippen molar-refractivity contribution in [3.8, 4) is 0 Å². The van der Waals surface area contributed by atoms with Gasteiger partial charge in [0.05, 0.1) is 6.04 Å². The highest BCUT2D eigenvalue weighted by molar-refractivity contribution is 6.31. The third-order valence-electron chi connectivity index (χ3n) is 4.91. The van der Waals surface area contributed by atoms with E-state index >= 15 is 0 Å². The van der Waals surface area contributed by atoms with E-state index in [4.69, 9.17) is 23.2 Å². The number of hydrogen-bond donors (Lipinski definition) is 2. The molecule has 2 N–H and O–H groups in total. The molecule has 0 saturated carbocycles. The van der Waals surface area contributed by atoms with Crippen molar-refractivity contribution in [3.05, 3.63) is 34.9 Å². The molecule has 10 heteroatoms. The minimum atomic E-state index is -0.0826. The van der Waals surface area contributed by atoms with Crippen LogP contribution in [0.4, 0.5) is 17.8 Å². The summed E-state index contributed by atoms with van der Waals surface area (Å²) in [5.74, 6) is 1.42. The number of halogens is 2. The van der Waals surface area contributed by atoms with E-state index in [-0.39, 0.29) is 23.9 Å². The van der Waals surface area contributed by atoms with E-state index < -0.39 is 0 Å². The van der Waals surface area contributed by atoms with E-state index in [1.807, 2.05) is 38.1 Å². The normalized spacial score (nSPS) is 17.8. The molecule has 1 aromatic carbocycles. The van der Waals surface area contributed by atoms with Crippen LogP contribution in [0.1, 0.15) is 25.5 Å². The predicted octanol–water partition coefficient (Wildman–Crippen LogP) is 3.02. The molecule has 0 aliphatic carbocycles. The zero-order valence-corrected chi connectivity index (χ0v) is 18.2. The Hall–Kier alpha value is -2.32. The second-order valence-electron chi connectivity index (χ2n) is 6.94. The first-order chi connectivity index (χ1) is 13.9. The molecule has 0 bridgehead atoms. The molecule has 3 rings (SSSR count). The molecule has 1 fully saturated rings. The minimum absolute atomic E-state index is 0.00595. The van der Waals surface area contributed by atoms with E-state index in [2.05, 4.69) is 30.5 Å². The maximum atomic E-state index is 12.0. The van der Waals surface area contributed by atoms with Gasteiger partial charge in [0.1, 0.15) is 5.88 Å². The molecule has 1 aliphatic heterocycles. The lowest BCUT2D eigenvalue weighted by molar-refractivity contribution is -0.130. The number of amides is 1. The molecule has 2 aromatic rings. The van der Waals surface area contributed by atoms with Crippen LogP contribution < -0.4 is 15.5 Å². The average Bonchev–Trinajstić information content (AvgIpc) is 2.73. The van der Waals surface area contributed by atoms with Crippen molar-refractivity contribution < 1.29 is 4.79 Å². The fourth-order valence-corrected chi connectivity index (χ4v) is 3.82. The molecular formula is C19H25Cl2N7O. The van der Waals surface area contributed by atoms with E-state index in [1.54, 1.807) is 11.9 Å². The van der Waals surface area contributed by atoms with Crippen molar-refractivity contribution in [2.24, 2.45) is 0 Å². The fourth-order valence-electron chi connectivity index (χ4n) is 3.37. The number of nitrogens with zero attached hydrogens (tertiary/aromatic N) is 5. The zero-order valence-electron chi connectivity index (χ0n) is 16.7. The smallest absolute Gasteiger partial charge is 0.237 e. The highest BCUT2D eigenvalue weighted by Crippen LogP contribution is 2.26. The number of benzene rings is 1. The number of aromatic nitrogens is 3. The molecule has 2 unspecified atom stereocenters. The van der Waals surface area contributed by atoms with Gasteiger partial charge in [-0.05, 0) is 25.5 Å². The van der Waals surface area contributed by atoms with Crippen LogP contribution in [-0.4, -0.2) is 64.4 Å². The Morgan fingerprint density at radius 2 is 1.97 bits per heavy atom. The Bertz CT molecular complexity index is 866. The van der Waals surface area contributed by atoms with Gasteiger partial charge in [0.15, 0.2) is 0 Å². The first kappa shape index (κ1) is 21.4. The van der Waals surface area contributed by atoms with Gasteiger partial charge in [0.25, 0.3) is 0 Å². The van der Waals surface area contributed by atoms with Crippen LogP contribution >= 0.6 is 23.2 Å². The third kappa shape index (κ3) is 5.00. The Labute approximate surface area is 180 Å². The molecular weight excluding hydrogens is 413 g/mol. The average molecular weight is 438 g/mol. The summed E-state index contributed by atoms with van der Waals surface area (Å²) < 4.78 is 0. The van der Waals surface area contributed by atoms with Gasteiger partial charge in [-0.3, -0.25) is 4.79 Å². The zero-order chi connectivity index (χ0) is 21.0. The first-order valence-corrected chi connectivity index (χ1v) is 10.4. The molecule has 2 heterocycles. The molecule has 29 heavy (non-hydrogen) atoms. The lowest BCUT2D eigenvalue weighted by Gasteiger charge is -2.39. The van der Waals surface area contributed by atoms with E-state index in [0.717, 1.165) is 5.56 Å². The van der Waals surface area contributed by atoms with Crippen LogP contribution in [0.5, 0.6) is 0 Å². The summed E-state index contributed by atoms with van der Waals surface area (Å²) in [6, 6.07) is 7.60. The Morgan fingerprint density at radius 3 is 2.62 bits per heavy atom. The van der Waals surface area contributed by atoms with Crippen molar-refractivity contribution in [1.29, 1.82) is 0 Å². The molecule has 1 saturated heterocycles. The number of carbonyl (C=O) groups excluding carboxylic acids is 1. The molecule has 2 atom stereocenters. The van der Waals surface area contributed by atoms with Gasteiger partial charge >= 0.3 is 0 Å². The van der Waals surface area contributed by atoms with Crippen LogP contribution in [-0.2, 0) is 4.79 Å². The number of anilines is 3. The van der Waals surface area contributed by atoms with Crippen LogP contribution in [0.25, 0.3) is 0 Å². The lowest BCUT2D eigenvalue weighted by atomic mass is 10.1. The number of rotatable bonds is 6. The van der Waals surface area contributed by atoms with Crippen LogP contribution in [0.2, 0.25) is 5.02 Å². The van der Waals surface area contributed by atoms with Crippen molar-refractivity contribution in [2.45, 2.75) is 25.9 Å². The Balaban J connectivity index is 1.79. The molecule has 1 aliphatic rings. The molecule has 156 valence electrons. The summed E-state index contributed by atoms with van der Waals surface area (Å²) in [7, 11) is 1.76. The summed E-state index contributed by atoms with van der Waals surface area (Å²) >= 11 is 12.0. The van der Waals surface area contributed by atoms with E-state index in [9.17, 15) is 4.79 Å². The molecule has 8 nitrogen and oxygen atoms in total. The summed E-state index contributed by atoms with van der Waals surface area (Å²) in [4.78, 5) is 29.3. The molecule has 0 spiro atoms. The van der Waals surface area contributed by atoms with Crippen LogP contribution in [0.15, 0.2) is 24.3 Å². The molecule has 0 radical (unpaired) electrons. The maximum absolute atomic E-state index is 12.0. The second-order valence-corrected chi connectivity index (χ2v) is 7.61. The van der Waals surface area contributed by atoms with Gasteiger partial charge in [-0.15, -0.1) is 11.6 Å². The van der Waals surface area contributed by atoms with Gasteiger partial charge in [-0.1, -0.05) is 29.8 Å². The van der Waals surface area contributed by atoms with Gasteiger partial charge in [0, 0.05) is 37.7 Å². The first-order valence-electron chi connectivity index (χ1n) is 9.48. The maximum Gasteiger partial charge on any atom is 0.237 e. The SMILES string of the molecule is CNc1nc(NC(C)c2ccccc2Cl)nc(N2CCN(C(=O)CCl)C(C)C2)n1. The van der Waals surface area contributed by atoms with Crippen molar-refractivity contribution in [1.82, 2.24) is 19.9 Å². The number of hydrogen-bond acceptors (Lipinski definition) is 7. The third-order valence-corrected chi connectivity index (χ3v) is 5.48. The summed E-state index contributed by atoms with van der Waals surface area (Å²) in [6.07, 6.45) is 0. The Morgan fingerprint density at radius 1 is 1.24 bits per heavy atom. The quantitative estimate of drug-likeness (QED) is 0.671. The summed E-state index contributed by atoms with van der Waals surface area (Å²) in [5.41, 5.74) is 0.962.